The van der Waals surface area contributed by atoms with Crippen molar-refractivity contribution in [1.29, 1.82) is 0 Å². The quantitative estimate of drug-likeness (QED) is 0.0582. The predicted octanol–water partition coefficient (Wildman–Crippen LogP) is 1.53. The van der Waals surface area contributed by atoms with Crippen molar-refractivity contribution in [2.45, 2.75) is 57.8 Å². The van der Waals surface area contributed by atoms with Gasteiger partial charge in [-0.15, -0.1) is 20.4 Å². The molecule has 0 spiro atoms. The van der Waals surface area contributed by atoms with Crippen molar-refractivity contribution in [2.24, 2.45) is 0 Å². The van der Waals surface area contributed by atoms with Crippen LogP contribution in [0.15, 0.2) is 36.7 Å². The van der Waals surface area contributed by atoms with E-state index in [4.69, 9.17) is 95.5 Å². The predicted molar refractivity (Wildman–Crippen MR) is 345 cm³/mol. The first-order chi connectivity index (χ1) is 47.4. The Hall–Kier alpha value is -5.28. The molecule has 4 N–H and O–H groups in total. The zero-order chi connectivity index (χ0) is 68.3. The second-order valence-corrected chi connectivity index (χ2v) is 20.4. The van der Waals surface area contributed by atoms with Crippen LogP contribution in [0.4, 0.5) is 5.69 Å². The van der Waals surface area contributed by atoms with Crippen LogP contribution >= 0.6 is 0 Å². The molecule has 0 aliphatic heterocycles. The van der Waals surface area contributed by atoms with Gasteiger partial charge in [0, 0.05) is 64.1 Å². The van der Waals surface area contributed by atoms with Gasteiger partial charge in [-0.1, -0.05) is 6.07 Å². The van der Waals surface area contributed by atoms with Crippen molar-refractivity contribution in [3.63, 3.8) is 0 Å². The number of aromatic nitrogens is 6. The highest BCUT2D eigenvalue weighted by Gasteiger charge is 2.18. The standard InChI is InChI=1S/C64H106N8O24/c73-16-20-81-24-28-85-32-36-89-40-44-93-48-52-95-50-46-91-42-38-87-34-30-83-26-22-79-18-5-9-56(75)7-1-8-57(76)54-55-6-3-13-66-61(55)63-69-71-64(72-70-63)62-58(10-4-14-67-62)68-60(78)12-2-11-59(77)65-15-19-80-23-27-84-31-35-88-39-43-92-47-51-96-53-49-94-45-41-90-37-33-86-29-25-82-21-17-74/h3-4,6,10,13-14,73-74H,1-2,5,7-9,11-12,15-54H2,(H,65,77)(H,68,78). The van der Waals surface area contributed by atoms with Gasteiger partial charge in [-0.25, -0.2) is 0 Å². The van der Waals surface area contributed by atoms with Crippen LogP contribution in [0.2, 0.25) is 0 Å². The van der Waals surface area contributed by atoms with E-state index in [0.29, 0.717) is 287 Å². The minimum absolute atomic E-state index is 0.00352. The monoisotopic (exact) mass is 1370 g/mol. The maximum absolute atomic E-state index is 13.1. The number of ketones is 2. The van der Waals surface area contributed by atoms with Gasteiger partial charge >= 0.3 is 0 Å². The molecule has 0 saturated carbocycles. The molecule has 0 radical (unpaired) electrons. The van der Waals surface area contributed by atoms with Crippen molar-refractivity contribution < 1.29 is 115 Å². The Kier molecular flexibility index (Phi) is 57.0. The highest BCUT2D eigenvalue weighted by molar-refractivity contribution is 5.94. The summed E-state index contributed by atoms with van der Waals surface area (Å²) >= 11 is 0. The van der Waals surface area contributed by atoms with Crippen molar-refractivity contribution in [1.82, 2.24) is 35.7 Å². The largest absolute Gasteiger partial charge is 0.394 e. The molecule has 0 aliphatic rings. The first-order valence-electron chi connectivity index (χ1n) is 33.1. The van der Waals surface area contributed by atoms with E-state index in [9.17, 15) is 19.2 Å². The van der Waals surface area contributed by atoms with E-state index in [2.05, 4.69) is 41.0 Å². The van der Waals surface area contributed by atoms with Gasteiger partial charge in [0.1, 0.15) is 23.0 Å². The molecule has 0 unspecified atom stereocenters. The number of amides is 2. The molecular formula is C64H106N8O24. The zero-order valence-corrected chi connectivity index (χ0v) is 56.0. The molecule has 2 amide bonds. The summed E-state index contributed by atoms with van der Waals surface area (Å²) in [5.74, 6) is -0.405. The number of pyridine rings is 2. The van der Waals surface area contributed by atoms with Crippen molar-refractivity contribution in [2.75, 3.05) is 263 Å². The van der Waals surface area contributed by atoms with Crippen LogP contribution in [0.5, 0.6) is 0 Å². The number of rotatable bonds is 72. The number of aliphatic hydroxyl groups excluding tert-OH is 2. The molecule has 0 fully saturated rings. The van der Waals surface area contributed by atoms with Crippen molar-refractivity contribution in [3.8, 4) is 23.0 Å². The topological polar surface area (TPSA) is 376 Å². The average molecular weight is 1370 g/mol. The molecule has 3 rings (SSSR count). The maximum Gasteiger partial charge on any atom is 0.224 e. The molecule has 3 aromatic heterocycles. The van der Waals surface area contributed by atoms with E-state index in [1.165, 1.54) is 6.20 Å². The lowest BCUT2D eigenvalue weighted by molar-refractivity contribution is -0.122. The van der Waals surface area contributed by atoms with Crippen molar-refractivity contribution >= 4 is 29.1 Å². The number of nitrogens with zero attached hydrogens (tertiary/aromatic N) is 6. The van der Waals surface area contributed by atoms with Gasteiger partial charge in [-0.05, 0) is 43.0 Å². The number of anilines is 1. The molecule has 0 aromatic carbocycles. The third kappa shape index (κ3) is 50.1. The Balaban J connectivity index is 1.10. The molecule has 32 heteroatoms. The summed E-state index contributed by atoms with van der Waals surface area (Å²) in [4.78, 5) is 59.7. The van der Waals surface area contributed by atoms with Crippen LogP contribution in [-0.2, 0) is 111 Å². The minimum atomic E-state index is -0.336. The fourth-order valence-corrected chi connectivity index (χ4v) is 7.99. The molecule has 546 valence electrons. The lowest BCUT2D eigenvalue weighted by Gasteiger charge is -2.10. The number of carbonyl (C=O) groups excluding carboxylic acids is 4. The molecule has 0 saturated heterocycles. The van der Waals surface area contributed by atoms with Crippen molar-refractivity contribution in [3.05, 3.63) is 42.2 Å². The molecule has 0 aliphatic carbocycles. The Bertz CT molecular complexity index is 2170. The van der Waals surface area contributed by atoms with E-state index >= 15 is 0 Å². The first-order valence-corrected chi connectivity index (χ1v) is 33.1. The Labute approximate surface area is 563 Å². The second kappa shape index (κ2) is 64.4. The molecule has 32 nitrogen and oxygen atoms in total. The van der Waals surface area contributed by atoms with E-state index in [1.807, 2.05) is 0 Å². The number of carbonyl (C=O) groups is 4. The lowest BCUT2D eigenvalue weighted by Crippen LogP contribution is -2.27. The summed E-state index contributed by atoms with van der Waals surface area (Å²) in [6, 6.07) is 6.76. The smallest absolute Gasteiger partial charge is 0.224 e. The second-order valence-electron chi connectivity index (χ2n) is 20.4. The number of nitrogens with one attached hydrogen (secondary N) is 2. The number of Topliss-reactive ketones (excluding diaryl/α,β-unsaturated/α-hetero) is 2. The maximum atomic E-state index is 13.1. The number of ether oxygens (including phenoxy) is 18. The summed E-state index contributed by atoms with van der Waals surface area (Å²) in [5.41, 5.74) is 1.49. The molecule has 3 aromatic rings. The normalized spacial score (nSPS) is 11.4. The lowest BCUT2D eigenvalue weighted by atomic mass is 10.0. The van der Waals surface area contributed by atoms with Crippen LogP contribution in [0.1, 0.15) is 56.9 Å². The minimum Gasteiger partial charge on any atom is -0.394 e. The highest BCUT2D eigenvalue weighted by atomic mass is 16.6. The van der Waals surface area contributed by atoms with E-state index < -0.39 is 0 Å². The highest BCUT2D eigenvalue weighted by Crippen LogP contribution is 2.24. The Morgan fingerprint density at radius 3 is 1.02 bits per heavy atom. The molecule has 0 atom stereocenters. The SMILES string of the molecule is O=C(CCCOCCOCCOCCOCCOCCOCCOCCOCCOCCO)CCCC(=O)Cc1cccnc1-c1nnc(-c2ncccc2NC(=O)CCCC(=O)NCCOCCOCCOCCOCCOCCOCCOCCOCCOCCO)nn1. The summed E-state index contributed by atoms with van der Waals surface area (Å²) < 4.78 is 97.9. The summed E-state index contributed by atoms with van der Waals surface area (Å²) in [7, 11) is 0. The number of hydrogen-bond acceptors (Lipinski definition) is 30. The van der Waals surface area contributed by atoms with Crippen LogP contribution in [-0.4, -0.2) is 322 Å². The van der Waals surface area contributed by atoms with Gasteiger partial charge in [0.2, 0.25) is 23.5 Å². The van der Waals surface area contributed by atoms with Gasteiger partial charge in [0.05, 0.1) is 250 Å². The zero-order valence-electron chi connectivity index (χ0n) is 56.0. The number of aliphatic hydroxyl groups is 2. The third-order valence-corrected chi connectivity index (χ3v) is 12.7. The van der Waals surface area contributed by atoms with Gasteiger partial charge in [-0.2, -0.15) is 0 Å². The summed E-state index contributed by atoms with van der Waals surface area (Å²) in [6.07, 6.45) is 5.48. The van der Waals surface area contributed by atoms with Gasteiger partial charge in [0.25, 0.3) is 0 Å². The van der Waals surface area contributed by atoms with Crippen LogP contribution in [0.25, 0.3) is 23.0 Å². The molecule has 96 heavy (non-hydrogen) atoms. The summed E-state index contributed by atoms with van der Waals surface area (Å²) in [5, 5.41) is 39.8. The third-order valence-electron chi connectivity index (χ3n) is 12.7. The van der Waals surface area contributed by atoms with Gasteiger partial charge < -0.3 is 106 Å². The first kappa shape index (κ1) is 84.9. The Morgan fingerprint density at radius 2 is 0.625 bits per heavy atom. The fraction of sp³-hybridized carbons (Fsp3) is 0.750. The summed E-state index contributed by atoms with van der Waals surface area (Å²) in [6.45, 7) is 15.9. The van der Waals surface area contributed by atoms with Crippen LogP contribution in [0, 0.1) is 0 Å². The number of hydrogen-bond donors (Lipinski definition) is 4. The van der Waals surface area contributed by atoms with Gasteiger partial charge in [-0.3, -0.25) is 29.1 Å². The van der Waals surface area contributed by atoms with Crippen LogP contribution < -0.4 is 10.6 Å². The Morgan fingerprint density at radius 1 is 0.323 bits per heavy atom. The molecular weight excluding hydrogens is 1260 g/mol. The average Bonchev–Trinajstić information content (AvgIpc) is 1.01. The van der Waals surface area contributed by atoms with E-state index in [1.54, 1.807) is 30.5 Å². The molecule has 3 heterocycles. The van der Waals surface area contributed by atoms with Crippen LogP contribution in [0.3, 0.4) is 0 Å². The van der Waals surface area contributed by atoms with Gasteiger partial charge in [0.15, 0.2) is 0 Å². The van der Waals surface area contributed by atoms with E-state index in [-0.39, 0.29) is 86.0 Å². The molecule has 0 bridgehead atoms. The van der Waals surface area contributed by atoms with E-state index in [0.717, 1.165) is 0 Å². The fourth-order valence-electron chi connectivity index (χ4n) is 7.99.